The number of alkyl carbamates (subject to hydrolysis) is 1. The van der Waals surface area contributed by atoms with Crippen LogP contribution in [0.4, 0.5) is 4.79 Å². The van der Waals surface area contributed by atoms with Gasteiger partial charge in [-0.1, -0.05) is 33.6 Å². The van der Waals surface area contributed by atoms with Gasteiger partial charge in [0, 0.05) is 4.47 Å². The average Bonchev–Trinajstić information content (AvgIpc) is 2.56. The molecule has 0 aliphatic carbocycles. The Kier molecular flexibility index (Phi) is 2.46. The van der Waals surface area contributed by atoms with E-state index in [-0.39, 0.29) is 12.1 Å². The van der Waals surface area contributed by atoms with Crippen molar-refractivity contribution in [3.63, 3.8) is 0 Å². The quantitative estimate of drug-likeness (QED) is 0.838. The topological polar surface area (TPSA) is 38.3 Å². The van der Waals surface area contributed by atoms with Crippen LogP contribution >= 0.6 is 15.9 Å². The summed E-state index contributed by atoms with van der Waals surface area (Å²) in [6.45, 7) is 2.43. The van der Waals surface area contributed by atoms with Gasteiger partial charge < -0.3 is 10.1 Å². The summed E-state index contributed by atoms with van der Waals surface area (Å²) >= 11 is 3.45. The molecule has 1 unspecified atom stereocenters. The Morgan fingerprint density at radius 1 is 1.57 bits per heavy atom. The normalized spacial score (nSPS) is 20.4. The van der Waals surface area contributed by atoms with Gasteiger partial charge in [-0.15, -0.1) is 0 Å². The predicted octanol–water partition coefficient (Wildman–Crippen LogP) is 2.54. The summed E-state index contributed by atoms with van der Waals surface area (Å²) in [5, 5.41) is 2.75. The fraction of sp³-hybridized carbons (Fsp3) is 0.300. The summed E-state index contributed by atoms with van der Waals surface area (Å²) < 4.78 is 5.84. The number of hydrogen-bond acceptors (Lipinski definition) is 2. The van der Waals surface area contributed by atoms with E-state index in [4.69, 9.17) is 4.74 Å². The Labute approximate surface area is 90.6 Å². The Hall–Kier alpha value is -1.03. The minimum Gasteiger partial charge on any atom is -0.447 e. The highest BCUT2D eigenvalue weighted by molar-refractivity contribution is 9.10. The van der Waals surface area contributed by atoms with E-state index >= 15 is 0 Å². The highest BCUT2D eigenvalue weighted by Gasteiger charge is 2.25. The lowest BCUT2D eigenvalue weighted by molar-refractivity contribution is 0.177. The van der Waals surface area contributed by atoms with Gasteiger partial charge >= 0.3 is 6.09 Å². The zero-order valence-corrected chi connectivity index (χ0v) is 9.30. The van der Waals surface area contributed by atoms with Crippen LogP contribution in [0.3, 0.4) is 0 Å². The van der Waals surface area contributed by atoms with E-state index in [1.54, 1.807) is 0 Å². The van der Waals surface area contributed by atoms with Gasteiger partial charge in [-0.2, -0.15) is 0 Å². The molecule has 3 nitrogen and oxygen atoms in total. The first-order chi connectivity index (χ1) is 6.66. The molecule has 0 saturated carbocycles. The van der Waals surface area contributed by atoms with Gasteiger partial charge in [0.05, 0.1) is 6.04 Å². The lowest BCUT2D eigenvalue weighted by atomic mass is 10.1. The highest BCUT2D eigenvalue weighted by Crippen LogP contribution is 2.26. The maximum absolute atomic E-state index is 10.9. The van der Waals surface area contributed by atoms with Crippen LogP contribution in [0.15, 0.2) is 22.7 Å². The van der Waals surface area contributed by atoms with Crippen molar-refractivity contribution < 1.29 is 9.53 Å². The second-order valence-corrected chi connectivity index (χ2v) is 4.17. The van der Waals surface area contributed by atoms with Gasteiger partial charge in [-0.05, 0) is 18.6 Å². The van der Waals surface area contributed by atoms with Gasteiger partial charge in [-0.3, -0.25) is 0 Å². The predicted molar refractivity (Wildman–Crippen MR) is 56.1 cm³/mol. The van der Waals surface area contributed by atoms with Gasteiger partial charge in [-0.25, -0.2) is 4.79 Å². The van der Waals surface area contributed by atoms with Gasteiger partial charge in [0.2, 0.25) is 0 Å². The Morgan fingerprint density at radius 2 is 2.36 bits per heavy atom. The van der Waals surface area contributed by atoms with Crippen molar-refractivity contribution in [2.24, 2.45) is 0 Å². The van der Waals surface area contributed by atoms with E-state index in [2.05, 4.69) is 21.2 Å². The number of aryl methyl sites for hydroxylation is 1. The number of cyclic esters (lactones) is 1. The van der Waals surface area contributed by atoms with Crippen molar-refractivity contribution in [3.05, 3.63) is 33.8 Å². The molecule has 1 aliphatic heterocycles. The van der Waals surface area contributed by atoms with Crippen LogP contribution in [0.1, 0.15) is 17.2 Å². The van der Waals surface area contributed by atoms with E-state index in [1.165, 1.54) is 5.56 Å². The van der Waals surface area contributed by atoms with Crippen molar-refractivity contribution in [2.75, 3.05) is 6.61 Å². The average molecular weight is 256 g/mol. The van der Waals surface area contributed by atoms with E-state index in [1.807, 2.05) is 25.1 Å². The number of amides is 1. The molecule has 0 aromatic heterocycles. The smallest absolute Gasteiger partial charge is 0.407 e. The molecule has 1 aromatic carbocycles. The SMILES string of the molecule is Cc1ccc(Br)c(C2COC(=O)N2)c1. The molecule has 2 rings (SSSR count). The van der Waals surface area contributed by atoms with Crippen LogP contribution in [-0.2, 0) is 4.74 Å². The molecule has 1 heterocycles. The summed E-state index contributed by atoms with van der Waals surface area (Å²) in [5.41, 5.74) is 2.24. The summed E-state index contributed by atoms with van der Waals surface area (Å²) in [5.74, 6) is 0. The van der Waals surface area contributed by atoms with Crippen LogP contribution in [0.25, 0.3) is 0 Å². The molecule has 0 bridgehead atoms. The zero-order chi connectivity index (χ0) is 10.1. The van der Waals surface area contributed by atoms with Crippen molar-refractivity contribution in [1.29, 1.82) is 0 Å². The molecule has 1 amide bonds. The largest absolute Gasteiger partial charge is 0.447 e. The summed E-state index contributed by atoms with van der Waals surface area (Å²) in [6, 6.07) is 6.01. The summed E-state index contributed by atoms with van der Waals surface area (Å²) in [4.78, 5) is 10.9. The van der Waals surface area contributed by atoms with E-state index in [9.17, 15) is 4.79 Å². The highest BCUT2D eigenvalue weighted by atomic mass is 79.9. The summed E-state index contributed by atoms with van der Waals surface area (Å²) in [7, 11) is 0. The molecule has 0 radical (unpaired) electrons. The molecule has 1 aliphatic rings. The van der Waals surface area contributed by atoms with Crippen LogP contribution in [-0.4, -0.2) is 12.7 Å². The molecule has 14 heavy (non-hydrogen) atoms. The third-order valence-corrected chi connectivity index (χ3v) is 2.92. The maximum atomic E-state index is 10.9. The molecule has 4 heteroatoms. The zero-order valence-electron chi connectivity index (χ0n) is 7.71. The fourth-order valence-electron chi connectivity index (χ4n) is 1.48. The molecule has 1 fully saturated rings. The first kappa shape index (κ1) is 9.52. The number of ether oxygens (including phenoxy) is 1. The van der Waals surface area contributed by atoms with Crippen LogP contribution < -0.4 is 5.32 Å². The lowest BCUT2D eigenvalue weighted by Crippen LogP contribution is -2.18. The Bertz CT molecular complexity index is 378. The van der Waals surface area contributed by atoms with Gasteiger partial charge in [0.25, 0.3) is 0 Å². The van der Waals surface area contributed by atoms with Crippen molar-refractivity contribution in [2.45, 2.75) is 13.0 Å². The monoisotopic (exact) mass is 255 g/mol. The fourth-order valence-corrected chi connectivity index (χ4v) is 2.01. The van der Waals surface area contributed by atoms with E-state index in [0.717, 1.165) is 10.0 Å². The minimum atomic E-state index is -0.344. The molecule has 74 valence electrons. The van der Waals surface area contributed by atoms with Crippen LogP contribution in [0.2, 0.25) is 0 Å². The Balaban J connectivity index is 2.31. The van der Waals surface area contributed by atoms with Crippen LogP contribution in [0.5, 0.6) is 0 Å². The first-order valence-corrected chi connectivity index (χ1v) is 5.15. The molecular formula is C10H10BrNO2. The van der Waals surface area contributed by atoms with E-state index in [0.29, 0.717) is 6.61 Å². The number of hydrogen-bond donors (Lipinski definition) is 1. The molecule has 0 spiro atoms. The second kappa shape index (κ2) is 3.61. The van der Waals surface area contributed by atoms with E-state index < -0.39 is 0 Å². The first-order valence-electron chi connectivity index (χ1n) is 4.36. The Morgan fingerprint density at radius 3 is 3.00 bits per heavy atom. The van der Waals surface area contributed by atoms with Crippen molar-refractivity contribution >= 4 is 22.0 Å². The molecule has 1 saturated heterocycles. The number of rotatable bonds is 1. The standard InChI is InChI=1S/C10H10BrNO2/c1-6-2-3-8(11)7(4-6)9-5-14-10(13)12-9/h2-4,9H,5H2,1H3,(H,12,13). The lowest BCUT2D eigenvalue weighted by Gasteiger charge is -2.10. The third-order valence-electron chi connectivity index (χ3n) is 2.20. The number of nitrogens with one attached hydrogen (secondary N) is 1. The van der Waals surface area contributed by atoms with Crippen molar-refractivity contribution in [1.82, 2.24) is 5.32 Å². The minimum absolute atomic E-state index is 0.0308. The molecule has 1 atom stereocenters. The molecule has 1 N–H and O–H groups in total. The number of halogens is 1. The van der Waals surface area contributed by atoms with Gasteiger partial charge in [0.15, 0.2) is 0 Å². The number of carbonyl (C=O) groups is 1. The van der Waals surface area contributed by atoms with Crippen LogP contribution in [0, 0.1) is 6.92 Å². The third kappa shape index (κ3) is 1.75. The van der Waals surface area contributed by atoms with Gasteiger partial charge in [0.1, 0.15) is 6.61 Å². The van der Waals surface area contributed by atoms with Crippen molar-refractivity contribution in [3.8, 4) is 0 Å². The summed E-state index contributed by atoms with van der Waals surface area (Å²) in [6.07, 6.45) is -0.344. The molecular weight excluding hydrogens is 246 g/mol. The molecule has 1 aromatic rings. The number of benzene rings is 1. The second-order valence-electron chi connectivity index (χ2n) is 3.32. The maximum Gasteiger partial charge on any atom is 0.407 e. The number of carbonyl (C=O) groups excluding carboxylic acids is 1.